The Morgan fingerprint density at radius 3 is 2.03 bits per heavy atom. The Kier molecular flexibility index (Phi) is 14.4. The monoisotopic (exact) mass is 966 g/mol. The summed E-state index contributed by atoms with van der Waals surface area (Å²) in [6.07, 6.45) is 0. The molecule has 1 heterocycles. The summed E-state index contributed by atoms with van der Waals surface area (Å²) in [7, 11) is -17.7. The molecule has 4 aromatic carbocycles. The number of halogens is 1. The first kappa shape index (κ1) is 46.8. The lowest BCUT2D eigenvalue weighted by Gasteiger charge is -2.15. The van der Waals surface area contributed by atoms with E-state index >= 15 is 0 Å². The third kappa shape index (κ3) is 12.7. The summed E-state index contributed by atoms with van der Waals surface area (Å²) in [5, 5.41) is 27.3. The number of benzene rings is 4. The standard InChI is InChI=1S/C30H27ClN8O17S5/c1-15(40)32-21-13-23(34-30-36-28(31)35-29(37-30)33-17-3-5-19(6-4-17)58(42,43)8-7-54-61(50,51)52)25(53-2)14-22(21)38-39-24-12-20-16(10-27(24)60(47,48)49)9-18(57-56-55-41)11-26(20)59(44,45)46/h3-6,9-14,41H,7-8H2,1-2H3,(H,32,40)(H,44,45,46)(H,47,48,49)(H,50,51,52)(H2,33,34,35,36,37)/b39-38+. The predicted octanol–water partition coefficient (Wildman–Crippen LogP) is 5.06. The number of ether oxygens (including phenoxy) is 1. The van der Waals surface area contributed by atoms with Gasteiger partial charge >= 0.3 is 10.4 Å². The van der Waals surface area contributed by atoms with Gasteiger partial charge in [0, 0.05) is 29.0 Å². The van der Waals surface area contributed by atoms with Crippen LogP contribution in [0.15, 0.2) is 90.5 Å². The topological polar surface area (TPSA) is 371 Å². The Balaban J connectivity index is 1.48. The quantitative estimate of drug-likeness (QED) is 0.0198. The predicted molar refractivity (Wildman–Crippen MR) is 213 cm³/mol. The highest BCUT2D eigenvalue weighted by molar-refractivity contribution is 7.94. The molecular weight excluding hydrogens is 940 g/mol. The van der Waals surface area contributed by atoms with Crippen molar-refractivity contribution < 1.29 is 75.7 Å². The third-order valence-electron chi connectivity index (χ3n) is 7.49. The van der Waals surface area contributed by atoms with Gasteiger partial charge in [0.1, 0.15) is 26.9 Å². The van der Waals surface area contributed by atoms with Crippen LogP contribution >= 0.6 is 23.6 Å². The second-order valence-electron chi connectivity index (χ2n) is 11.7. The summed E-state index contributed by atoms with van der Waals surface area (Å²) in [5.74, 6) is -1.71. The highest BCUT2D eigenvalue weighted by Gasteiger charge is 2.24. The van der Waals surface area contributed by atoms with E-state index in [1.807, 2.05) is 0 Å². The number of carbonyl (C=O) groups excluding carboxylic acids is 1. The van der Waals surface area contributed by atoms with Gasteiger partial charge in [-0.15, -0.1) is 14.6 Å². The molecule has 1 aromatic heterocycles. The molecule has 0 aliphatic heterocycles. The van der Waals surface area contributed by atoms with Crippen molar-refractivity contribution in [1.29, 1.82) is 0 Å². The van der Waals surface area contributed by atoms with E-state index in [4.69, 9.17) is 26.1 Å². The van der Waals surface area contributed by atoms with Crippen LogP contribution in [0.1, 0.15) is 6.92 Å². The lowest BCUT2D eigenvalue weighted by molar-refractivity contribution is -0.432. The molecule has 0 saturated heterocycles. The first-order valence-corrected chi connectivity index (χ1v) is 23.0. The minimum Gasteiger partial charge on any atom is -0.494 e. The second-order valence-corrected chi connectivity index (χ2v) is 18.8. The van der Waals surface area contributed by atoms with Gasteiger partial charge in [-0.25, -0.2) is 17.9 Å². The lowest BCUT2D eigenvalue weighted by atomic mass is 10.1. The van der Waals surface area contributed by atoms with E-state index in [0.717, 1.165) is 25.1 Å². The summed E-state index contributed by atoms with van der Waals surface area (Å²) in [5.41, 5.74) is -0.512. The van der Waals surface area contributed by atoms with Crippen LogP contribution in [-0.2, 0) is 58.8 Å². The Hall–Kier alpha value is -5.22. The zero-order valence-corrected chi connectivity index (χ0v) is 35.3. The largest absolute Gasteiger partial charge is 0.494 e. The number of carbonyl (C=O) groups is 1. The van der Waals surface area contributed by atoms with Crippen LogP contribution in [0.2, 0.25) is 5.28 Å². The molecule has 326 valence electrons. The average Bonchev–Trinajstić information content (AvgIpc) is 3.14. The molecule has 1 amide bonds. The zero-order chi connectivity index (χ0) is 44.9. The molecule has 5 aromatic rings. The van der Waals surface area contributed by atoms with E-state index in [0.29, 0.717) is 12.0 Å². The van der Waals surface area contributed by atoms with Crippen molar-refractivity contribution in [2.24, 2.45) is 10.2 Å². The Morgan fingerprint density at radius 1 is 0.803 bits per heavy atom. The Bertz CT molecular complexity index is 3000. The number of sulfone groups is 1. The number of hydrogen-bond acceptors (Lipinski definition) is 22. The van der Waals surface area contributed by atoms with Crippen LogP contribution in [0.5, 0.6) is 5.75 Å². The molecular formula is C30H27ClN8O17S5. The molecule has 61 heavy (non-hydrogen) atoms. The molecule has 0 saturated carbocycles. The fourth-order valence-corrected chi connectivity index (χ4v) is 8.60. The fraction of sp³-hybridized carbons (Fsp3) is 0.133. The summed E-state index contributed by atoms with van der Waals surface area (Å²) in [4.78, 5) is 22.6. The number of methoxy groups -OCH3 is 1. The van der Waals surface area contributed by atoms with Crippen molar-refractivity contribution in [3.05, 3.63) is 65.9 Å². The van der Waals surface area contributed by atoms with Gasteiger partial charge in [0.2, 0.25) is 23.1 Å². The second kappa shape index (κ2) is 18.8. The van der Waals surface area contributed by atoms with Crippen LogP contribution in [-0.4, -0.2) is 92.9 Å². The summed E-state index contributed by atoms with van der Waals surface area (Å²) in [6, 6.07) is 11.4. The number of anilines is 5. The number of rotatable bonds is 18. The molecule has 0 atom stereocenters. The fourth-order valence-electron chi connectivity index (χ4n) is 5.06. The van der Waals surface area contributed by atoms with Gasteiger partial charge in [0.25, 0.3) is 20.2 Å². The molecule has 0 spiro atoms. The molecule has 0 unspecified atom stereocenters. The first-order valence-electron chi connectivity index (χ1n) is 16.0. The van der Waals surface area contributed by atoms with Crippen LogP contribution < -0.4 is 20.7 Å². The van der Waals surface area contributed by atoms with E-state index in [1.165, 1.54) is 49.6 Å². The number of fused-ring (bicyclic) bond motifs is 1. The van der Waals surface area contributed by atoms with Gasteiger partial charge in [-0.3, -0.25) is 18.5 Å². The van der Waals surface area contributed by atoms with Crippen LogP contribution in [0.4, 0.5) is 40.3 Å². The molecule has 0 radical (unpaired) electrons. The van der Waals surface area contributed by atoms with Crippen molar-refractivity contribution in [3.63, 3.8) is 0 Å². The molecule has 0 aliphatic carbocycles. The van der Waals surface area contributed by atoms with E-state index in [1.54, 1.807) is 0 Å². The minimum absolute atomic E-state index is 0.00540. The van der Waals surface area contributed by atoms with Gasteiger partial charge in [-0.2, -0.15) is 40.2 Å². The maximum absolute atomic E-state index is 12.5. The SMILES string of the molecule is COc1cc(/N=N/c2cc3c(S(=O)(=O)O)cc(SOOO)cc3cc2S(=O)(=O)O)c(NC(C)=O)cc1Nc1nc(Cl)nc(Nc2ccc(S(=O)(=O)CCOS(=O)(=O)O)cc2)n1. The highest BCUT2D eigenvalue weighted by atomic mass is 35.5. The van der Waals surface area contributed by atoms with E-state index in [9.17, 15) is 47.6 Å². The van der Waals surface area contributed by atoms with Crippen LogP contribution in [0, 0.1) is 0 Å². The zero-order valence-electron chi connectivity index (χ0n) is 30.4. The molecule has 0 aliphatic rings. The van der Waals surface area contributed by atoms with Gasteiger partial charge < -0.3 is 20.7 Å². The van der Waals surface area contributed by atoms with Crippen molar-refractivity contribution in [3.8, 4) is 5.75 Å². The van der Waals surface area contributed by atoms with Gasteiger partial charge in [-0.1, -0.05) is 5.04 Å². The van der Waals surface area contributed by atoms with Crippen LogP contribution in [0.3, 0.4) is 0 Å². The number of amides is 1. The Labute approximate surface area is 353 Å². The smallest absolute Gasteiger partial charge is 0.397 e. The van der Waals surface area contributed by atoms with Crippen molar-refractivity contribution in [1.82, 2.24) is 15.0 Å². The van der Waals surface area contributed by atoms with Crippen LogP contribution in [0.25, 0.3) is 10.8 Å². The summed E-state index contributed by atoms with van der Waals surface area (Å²) >= 11 is 6.45. The number of aromatic nitrogens is 3. The molecule has 0 fully saturated rings. The van der Waals surface area contributed by atoms with E-state index in [-0.39, 0.29) is 66.2 Å². The average molecular weight is 967 g/mol. The van der Waals surface area contributed by atoms with Gasteiger partial charge in [0.15, 0.2) is 9.84 Å². The minimum atomic E-state index is -5.09. The van der Waals surface area contributed by atoms with Crippen molar-refractivity contribution in [2.45, 2.75) is 26.5 Å². The maximum atomic E-state index is 12.5. The number of nitrogens with one attached hydrogen (secondary N) is 3. The molecule has 31 heteroatoms. The molecule has 0 bridgehead atoms. The number of hydrogen-bond donors (Lipinski definition) is 7. The lowest BCUT2D eigenvalue weighted by Crippen LogP contribution is -2.15. The summed E-state index contributed by atoms with van der Waals surface area (Å²) in [6.45, 7) is 0.335. The highest BCUT2D eigenvalue weighted by Crippen LogP contribution is 2.41. The summed E-state index contributed by atoms with van der Waals surface area (Å²) < 4.78 is 139. The van der Waals surface area contributed by atoms with Gasteiger partial charge in [0.05, 0.1) is 47.8 Å². The van der Waals surface area contributed by atoms with Crippen molar-refractivity contribution in [2.75, 3.05) is 35.4 Å². The third-order valence-corrected chi connectivity index (χ3v) is 12.1. The van der Waals surface area contributed by atoms with E-state index < -0.39 is 74.2 Å². The first-order chi connectivity index (χ1) is 28.5. The molecule has 25 nitrogen and oxygen atoms in total. The van der Waals surface area contributed by atoms with E-state index in [2.05, 4.69) is 54.7 Å². The van der Waals surface area contributed by atoms with Gasteiger partial charge in [-0.05, 0) is 71.6 Å². The number of azo groups is 1. The van der Waals surface area contributed by atoms with Crippen molar-refractivity contribution >= 4 is 121 Å². The normalized spacial score (nSPS) is 12.4. The Morgan fingerprint density at radius 2 is 1.44 bits per heavy atom. The molecule has 7 N–H and O–H groups in total. The number of nitrogens with zero attached hydrogens (tertiary/aromatic N) is 5. The maximum Gasteiger partial charge on any atom is 0.397 e. The molecule has 5 rings (SSSR count).